The molecule has 1 aromatic rings. The van der Waals surface area contributed by atoms with Crippen molar-refractivity contribution < 1.29 is 9.53 Å². The quantitative estimate of drug-likeness (QED) is 0.728. The molecule has 2 aliphatic rings. The third-order valence-electron chi connectivity index (χ3n) is 5.49. The van der Waals surface area contributed by atoms with E-state index in [1.165, 1.54) is 0 Å². The molecule has 7 nitrogen and oxygen atoms in total. The predicted molar refractivity (Wildman–Crippen MR) is 99.5 cm³/mol. The van der Waals surface area contributed by atoms with Gasteiger partial charge in [-0.05, 0) is 38.3 Å². The molecule has 26 heavy (non-hydrogen) atoms. The number of piperidine rings is 2. The summed E-state index contributed by atoms with van der Waals surface area (Å²) in [6.07, 6.45) is 8.04. The summed E-state index contributed by atoms with van der Waals surface area (Å²) in [4.78, 5) is 26.0. The number of rotatable bonds is 7. The fraction of sp³-hybridized carbons (Fsp3) is 0.737. The molecule has 0 spiro atoms. The van der Waals surface area contributed by atoms with E-state index in [9.17, 15) is 4.79 Å². The first kappa shape index (κ1) is 19.2. The third kappa shape index (κ3) is 5.46. The zero-order valence-corrected chi connectivity index (χ0v) is 15.8. The minimum Gasteiger partial charge on any atom is -0.383 e. The van der Waals surface area contributed by atoms with Gasteiger partial charge in [-0.15, -0.1) is 0 Å². The SMILES string of the molecule is COCCNC(=O)[C@@H]1CCCN(C2CCN(Cc3ncccn3)CC2)C1. The molecular weight excluding hydrogens is 330 g/mol. The maximum atomic E-state index is 12.3. The van der Waals surface area contributed by atoms with Gasteiger partial charge in [-0.1, -0.05) is 0 Å². The van der Waals surface area contributed by atoms with Crippen LogP contribution in [0.2, 0.25) is 0 Å². The molecule has 1 N–H and O–H groups in total. The Morgan fingerprint density at radius 2 is 2.00 bits per heavy atom. The van der Waals surface area contributed by atoms with Gasteiger partial charge in [-0.25, -0.2) is 9.97 Å². The zero-order valence-electron chi connectivity index (χ0n) is 15.8. The number of hydrogen-bond acceptors (Lipinski definition) is 6. The Balaban J connectivity index is 1.43. The summed E-state index contributed by atoms with van der Waals surface area (Å²) in [5, 5.41) is 3.00. The van der Waals surface area contributed by atoms with Crippen molar-refractivity contribution in [2.24, 2.45) is 5.92 Å². The van der Waals surface area contributed by atoms with Gasteiger partial charge in [-0.3, -0.25) is 14.6 Å². The highest BCUT2D eigenvalue weighted by Crippen LogP contribution is 2.24. The summed E-state index contributed by atoms with van der Waals surface area (Å²) < 4.78 is 5.01. The molecule has 0 radical (unpaired) electrons. The number of carbonyl (C=O) groups is 1. The van der Waals surface area contributed by atoms with Crippen molar-refractivity contribution in [1.29, 1.82) is 0 Å². The number of likely N-dealkylation sites (tertiary alicyclic amines) is 2. The lowest BCUT2D eigenvalue weighted by Gasteiger charge is -2.41. The van der Waals surface area contributed by atoms with Crippen molar-refractivity contribution in [3.63, 3.8) is 0 Å². The number of carbonyl (C=O) groups excluding carboxylic acids is 1. The number of amides is 1. The molecular formula is C19H31N5O2. The van der Waals surface area contributed by atoms with Gasteiger partial charge < -0.3 is 10.1 Å². The number of aromatic nitrogens is 2. The second kappa shape index (κ2) is 9.94. The number of ether oxygens (including phenoxy) is 1. The Hall–Kier alpha value is -1.57. The molecule has 2 aliphatic heterocycles. The Labute approximate surface area is 156 Å². The summed E-state index contributed by atoms with van der Waals surface area (Å²) in [5.74, 6) is 1.21. The molecule has 3 heterocycles. The molecule has 0 unspecified atom stereocenters. The monoisotopic (exact) mass is 361 g/mol. The average Bonchev–Trinajstić information content (AvgIpc) is 2.69. The Morgan fingerprint density at radius 1 is 1.23 bits per heavy atom. The Morgan fingerprint density at radius 3 is 2.73 bits per heavy atom. The predicted octanol–water partition coefficient (Wildman–Crippen LogP) is 0.916. The molecule has 3 rings (SSSR count). The smallest absolute Gasteiger partial charge is 0.224 e. The fourth-order valence-corrected chi connectivity index (χ4v) is 4.03. The van der Waals surface area contributed by atoms with Crippen LogP contribution in [0.15, 0.2) is 18.5 Å². The first-order chi connectivity index (χ1) is 12.8. The van der Waals surface area contributed by atoms with Crippen LogP contribution in [0.4, 0.5) is 0 Å². The second-order valence-electron chi connectivity index (χ2n) is 7.29. The maximum absolute atomic E-state index is 12.3. The van der Waals surface area contributed by atoms with Crippen LogP contribution in [0, 0.1) is 5.92 Å². The average molecular weight is 361 g/mol. The third-order valence-corrected chi connectivity index (χ3v) is 5.49. The molecule has 0 aliphatic carbocycles. The number of nitrogens with zero attached hydrogens (tertiary/aromatic N) is 4. The maximum Gasteiger partial charge on any atom is 0.224 e. The van der Waals surface area contributed by atoms with Gasteiger partial charge in [0.1, 0.15) is 5.82 Å². The van der Waals surface area contributed by atoms with E-state index in [0.717, 1.165) is 64.2 Å². The van der Waals surface area contributed by atoms with Gasteiger partial charge in [0.2, 0.25) is 5.91 Å². The van der Waals surface area contributed by atoms with Crippen LogP contribution in [0.1, 0.15) is 31.5 Å². The molecule has 1 aromatic heterocycles. The van der Waals surface area contributed by atoms with Crippen molar-refractivity contribution in [2.45, 2.75) is 38.3 Å². The van der Waals surface area contributed by atoms with Crippen LogP contribution >= 0.6 is 0 Å². The fourth-order valence-electron chi connectivity index (χ4n) is 4.03. The van der Waals surface area contributed by atoms with E-state index in [1.807, 2.05) is 6.07 Å². The summed E-state index contributed by atoms with van der Waals surface area (Å²) in [6.45, 7) is 6.17. The molecule has 7 heteroatoms. The standard InChI is InChI=1S/C19H31N5O2/c1-26-13-9-22-19(25)16-4-2-10-24(14-16)17-5-11-23(12-6-17)15-18-20-7-3-8-21-18/h3,7-8,16-17H,2,4-6,9-15H2,1H3,(H,22,25)/t16-/m1/s1. The van der Waals surface area contributed by atoms with E-state index in [-0.39, 0.29) is 11.8 Å². The first-order valence-corrected chi connectivity index (χ1v) is 9.75. The van der Waals surface area contributed by atoms with E-state index in [0.29, 0.717) is 19.2 Å². The van der Waals surface area contributed by atoms with Crippen LogP contribution in [-0.2, 0) is 16.1 Å². The minimum absolute atomic E-state index is 0.122. The second-order valence-corrected chi connectivity index (χ2v) is 7.29. The molecule has 0 saturated carbocycles. The van der Waals surface area contributed by atoms with E-state index >= 15 is 0 Å². The van der Waals surface area contributed by atoms with E-state index in [2.05, 4.69) is 25.1 Å². The lowest BCUT2D eigenvalue weighted by Crippen LogP contribution is -2.50. The van der Waals surface area contributed by atoms with Crippen molar-refractivity contribution in [3.8, 4) is 0 Å². The number of methoxy groups -OCH3 is 1. The molecule has 1 atom stereocenters. The van der Waals surface area contributed by atoms with Gasteiger partial charge in [0.25, 0.3) is 0 Å². The van der Waals surface area contributed by atoms with Gasteiger partial charge >= 0.3 is 0 Å². The summed E-state index contributed by atoms with van der Waals surface area (Å²) >= 11 is 0. The van der Waals surface area contributed by atoms with Crippen LogP contribution < -0.4 is 5.32 Å². The van der Waals surface area contributed by atoms with E-state index in [1.54, 1.807) is 19.5 Å². The van der Waals surface area contributed by atoms with Crippen molar-refractivity contribution >= 4 is 5.91 Å². The largest absolute Gasteiger partial charge is 0.383 e. The Kier molecular flexibility index (Phi) is 7.34. The highest BCUT2D eigenvalue weighted by molar-refractivity contribution is 5.78. The highest BCUT2D eigenvalue weighted by atomic mass is 16.5. The van der Waals surface area contributed by atoms with Crippen LogP contribution in [0.5, 0.6) is 0 Å². The molecule has 0 bridgehead atoms. The van der Waals surface area contributed by atoms with Crippen LogP contribution in [0.25, 0.3) is 0 Å². The van der Waals surface area contributed by atoms with E-state index < -0.39 is 0 Å². The Bertz CT molecular complexity index is 548. The molecule has 2 saturated heterocycles. The first-order valence-electron chi connectivity index (χ1n) is 9.75. The van der Waals surface area contributed by atoms with Crippen LogP contribution in [-0.4, -0.2) is 78.2 Å². The molecule has 2 fully saturated rings. The van der Waals surface area contributed by atoms with Crippen molar-refractivity contribution in [2.75, 3.05) is 46.4 Å². The van der Waals surface area contributed by atoms with Crippen LogP contribution in [0.3, 0.4) is 0 Å². The summed E-state index contributed by atoms with van der Waals surface area (Å²) in [7, 11) is 1.66. The van der Waals surface area contributed by atoms with Gasteiger partial charge in [0.05, 0.1) is 19.1 Å². The number of hydrogen-bond donors (Lipinski definition) is 1. The molecule has 1 amide bonds. The van der Waals surface area contributed by atoms with Gasteiger partial charge in [0, 0.05) is 51.7 Å². The van der Waals surface area contributed by atoms with Gasteiger partial charge in [0.15, 0.2) is 0 Å². The lowest BCUT2D eigenvalue weighted by atomic mass is 9.93. The highest BCUT2D eigenvalue weighted by Gasteiger charge is 2.31. The zero-order chi connectivity index (χ0) is 18.2. The normalized spacial score (nSPS) is 23.0. The lowest BCUT2D eigenvalue weighted by molar-refractivity contribution is -0.127. The molecule has 144 valence electrons. The van der Waals surface area contributed by atoms with Crippen molar-refractivity contribution in [1.82, 2.24) is 25.1 Å². The topological polar surface area (TPSA) is 70.6 Å². The van der Waals surface area contributed by atoms with E-state index in [4.69, 9.17) is 4.74 Å². The number of nitrogens with one attached hydrogen (secondary N) is 1. The van der Waals surface area contributed by atoms with Gasteiger partial charge in [-0.2, -0.15) is 0 Å². The molecule has 0 aromatic carbocycles. The summed E-state index contributed by atoms with van der Waals surface area (Å²) in [5.41, 5.74) is 0. The summed E-state index contributed by atoms with van der Waals surface area (Å²) in [6, 6.07) is 2.45. The minimum atomic E-state index is 0.122. The van der Waals surface area contributed by atoms with Crippen molar-refractivity contribution in [3.05, 3.63) is 24.3 Å².